The lowest BCUT2D eigenvalue weighted by atomic mass is 9.85. The van der Waals surface area contributed by atoms with Crippen LogP contribution in [-0.4, -0.2) is 0 Å². The van der Waals surface area contributed by atoms with E-state index in [1.54, 1.807) is 0 Å². The normalized spacial score (nSPS) is 18.1. The van der Waals surface area contributed by atoms with Gasteiger partial charge in [-0.1, -0.05) is 48.5 Å². The minimum absolute atomic E-state index is 0.121. The van der Waals surface area contributed by atoms with Gasteiger partial charge in [-0.2, -0.15) is 0 Å². The Kier molecular flexibility index (Phi) is 2.03. The SMILES string of the molecule is ClC1Cc2ccccc2-c2ccccc21. The third kappa shape index (κ3) is 1.37. The number of fused-ring (bicyclic) bond motifs is 3. The molecule has 0 radical (unpaired) electrons. The van der Waals surface area contributed by atoms with E-state index in [1.165, 1.54) is 22.3 Å². The van der Waals surface area contributed by atoms with Crippen LogP contribution in [0.15, 0.2) is 48.5 Å². The summed E-state index contributed by atoms with van der Waals surface area (Å²) in [5.41, 5.74) is 5.25. The van der Waals surface area contributed by atoms with Crippen LogP contribution in [0.1, 0.15) is 16.5 Å². The summed E-state index contributed by atoms with van der Waals surface area (Å²) in [5, 5.41) is 0.121. The van der Waals surface area contributed by atoms with Gasteiger partial charge >= 0.3 is 0 Å². The van der Waals surface area contributed by atoms with Crippen LogP contribution in [0.2, 0.25) is 0 Å². The summed E-state index contributed by atoms with van der Waals surface area (Å²) in [7, 11) is 0. The van der Waals surface area contributed by atoms with E-state index in [-0.39, 0.29) is 5.38 Å². The van der Waals surface area contributed by atoms with Crippen LogP contribution in [0.5, 0.6) is 0 Å². The Morgan fingerprint density at radius 2 is 1.53 bits per heavy atom. The first kappa shape index (κ1) is 8.99. The summed E-state index contributed by atoms with van der Waals surface area (Å²) >= 11 is 6.37. The van der Waals surface area contributed by atoms with Gasteiger partial charge in [-0.15, -0.1) is 11.6 Å². The molecular weight excluding hydrogens is 204 g/mol. The monoisotopic (exact) mass is 214 g/mol. The maximum Gasteiger partial charge on any atom is 0.0631 e. The van der Waals surface area contributed by atoms with Crippen molar-refractivity contribution in [2.24, 2.45) is 0 Å². The zero-order chi connectivity index (χ0) is 10.3. The van der Waals surface area contributed by atoms with Crippen molar-refractivity contribution in [3.05, 3.63) is 59.7 Å². The van der Waals surface area contributed by atoms with E-state index in [4.69, 9.17) is 11.6 Å². The van der Waals surface area contributed by atoms with Gasteiger partial charge in [0.15, 0.2) is 0 Å². The second kappa shape index (κ2) is 3.39. The molecular formula is C14H11Cl. The fourth-order valence-electron chi connectivity index (χ4n) is 2.28. The van der Waals surface area contributed by atoms with Crippen molar-refractivity contribution >= 4 is 11.6 Å². The molecule has 0 saturated heterocycles. The second-order valence-corrected chi connectivity index (χ2v) is 4.44. The molecule has 0 heterocycles. The molecule has 74 valence electrons. The van der Waals surface area contributed by atoms with E-state index < -0.39 is 0 Å². The minimum atomic E-state index is 0.121. The summed E-state index contributed by atoms with van der Waals surface area (Å²) < 4.78 is 0. The molecule has 1 aliphatic rings. The smallest absolute Gasteiger partial charge is 0.0631 e. The molecule has 0 aromatic heterocycles. The molecule has 0 nitrogen and oxygen atoms in total. The van der Waals surface area contributed by atoms with Crippen molar-refractivity contribution in [2.75, 3.05) is 0 Å². The van der Waals surface area contributed by atoms with E-state index in [0.29, 0.717) is 0 Å². The Labute approximate surface area is 94.5 Å². The summed E-state index contributed by atoms with van der Waals surface area (Å²) in [5.74, 6) is 0. The summed E-state index contributed by atoms with van der Waals surface area (Å²) in [6.45, 7) is 0. The average molecular weight is 215 g/mol. The molecule has 0 spiro atoms. The molecule has 0 amide bonds. The van der Waals surface area contributed by atoms with Crippen LogP contribution in [-0.2, 0) is 6.42 Å². The largest absolute Gasteiger partial charge is 0.117 e. The lowest BCUT2D eigenvalue weighted by molar-refractivity contribution is 0.903. The Morgan fingerprint density at radius 3 is 2.40 bits per heavy atom. The Hall–Kier alpha value is -1.27. The van der Waals surface area contributed by atoms with Crippen LogP contribution >= 0.6 is 11.6 Å². The summed E-state index contributed by atoms with van der Waals surface area (Å²) in [4.78, 5) is 0. The second-order valence-electron chi connectivity index (χ2n) is 3.92. The molecule has 0 saturated carbocycles. The van der Waals surface area contributed by atoms with Gasteiger partial charge in [0, 0.05) is 0 Å². The molecule has 1 atom stereocenters. The topological polar surface area (TPSA) is 0 Å². The van der Waals surface area contributed by atoms with Crippen LogP contribution in [0.4, 0.5) is 0 Å². The summed E-state index contributed by atoms with van der Waals surface area (Å²) in [6, 6.07) is 16.9. The maximum atomic E-state index is 6.37. The molecule has 0 bridgehead atoms. The van der Waals surface area contributed by atoms with Gasteiger partial charge in [0.05, 0.1) is 5.38 Å². The standard InChI is InChI=1S/C14H11Cl/c15-14-9-10-5-1-2-6-11(10)12-7-3-4-8-13(12)14/h1-8,14H,9H2. The van der Waals surface area contributed by atoms with Gasteiger partial charge in [0.25, 0.3) is 0 Å². The third-order valence-corrected chi connectivity index (χ3v) is 3.39. The molecule has 3 rings (SSSR count). The van der Waals surface area contributed by atoms with E-state index in [0.717, 1.165) is 6.42 Å². The summed E-state index contributed by atoms with van der Waals surface area (Å²) in [6.07, 6.45) is 0.939. The highest BCUT2D eigenvalue weighted by molar-refractivity contribution is 6.21. The van der Waals surface area contributed by atoms with Crippen molar-refractivity contribution in [2.45, 2.75) is 11.8 Å². The first-order valence-electron chi connectivity index (χ1n) is 5.17. The van der Waals surface area contributed by atoms with Crippen molar-refractivity contribution < 1.29 is 0 Å². The minimum Gasteiger partial charge on any atom is -0.117 e. The Bertz CT molecular complexity index is 502. The van der Waals surface area contributed by atoms with Crippen molar-refractivity contribution in [3.63, 3.8) is 0 Å². The maximum absolute atomic E-state index is 6.37. The predicted molar refractivity (Wildman–Crippen MR) is 64.2 cm³/mol. The number of halogens is 1. The quantitative estimate of drug-likeness (QED) is 0.577. The molecule has 1 aliphatic carbocycles. The van der Waals surface area contributed by atoms with Crippen molar-refractivity contribution in [3.8, 4) is 11.1 Å². The molecule has 0 fully saturated rings. The van der Waals surface area contributed by atoms with Gasteiger partial charge in [0.2, 0.25) is 0 Å². The molecule has 2 aromatic carbocycles. The highest BCUT2D eigenvalue weighted by Crippen LogP contribution is 2.40. The molecule has 2 aromatic rings. The number of hydrogen-bond acceptors (Lipinski definition) is 0. The van der Waals surface area contributed by atoms with Gasteiger partial charge in [0.1, 0.15) is 0 Å². The first-order valence-corrected chi connectivity index (χ1v) is 5.61. The fraction of sp³-hybridized carbons (Fsp3) is 0.143. The number of alkyl halides is 1. The van der Waals surface area contributed by atoms with Gasteiger partial charge in [-0.25, -0.2) is 0 Å². The van der Waals surface area contributed by atoms with Crippen LogP contribution in [0.25, 0.3) is 11.1 Å². The molecule has 0 aliphatic heterocycles. The van der Waals surface area contributed by atoms with E-state index in [9.17, 15) is 0 Å². The number of hydrogen-bond donors (Lipinski definition) is 0. The zero-order valence-electron chi connectivity index (χ0n) is 8.28. The van der Waals surface area contributed by atoms with E-state index >= 15 is 0 Å². The number of benzene rings is 2. The highest BCUT2D eigenvalue weighted by atomic mass is 35.5. The van der Waals surface area contributed by atoms with E-state index in [1.807, 2.05) is 0 Å². The van der Waals surface area contributed by atoms with Crippen LogP contribution in [0.3, 0.4) is 0 Å². The lowest BCUT2D eigenvalue weighted by Gasteiger charge is -2.23. The van der Waals surface area contributed by atoms with Crippen molar-refractivity contribution in [1.82, 2.24) is 0 Å². The van der Waals surface area contributed by atoms with Crippen LogP contribution < -0.4 is 0 Å². The average Bonchev–Trinajstić information content (AvgIpc) is 2.30. The molecule has 0 N–H and O–H groups in total. The Balaban J connectivity index is 2.30. The van der Waals surface area contributed by atoms with E-state index in [2.05, 4.69) is 48.5 Å². The third-order valence-electron chi connectivity index (χ3n) is 3.00. The Morgan fingerprint density at radius 1 is 0.867 bits per heavy atom. The van der Waals surface area contributed by atoms with Gasteiger partial charge in [-0.05, 0) is 28.7 Å². The van der Waals surface area contributed by atoms with Crippen molar-refractivity contribution in [1.29, 1.82) is 0 Å². The van der Waals surface area contributed by atoms with Crippen LogP contribution in [0, 0.1) is 0 Å². The first-order chi connectivity index (χ1) is 7.36. The molecule has 1 heteroatoms. The molecule has 1 unspecified atom stereocenters. The fourth-order valence-corrected chi connectivity index (χ4v) is 2.64. The molecule has 15 heavy (non-hydrogen) atoms. The van der Waals surface area contributed by atoms with Gasteiger partial charge in [-0.3, -0.25) is 0 Å². The predicted octanol–water partition coefficient (Wildman–Crippen LogP) is 4.19. The highest BCUT2D eigenvalue weighted by Gasteiger charge is 2.21. The van der Waals surface area contributed by atoms with Gasteiger partial charge < -0.3 is 0 Å². The zero-order valence-corrected chi connectivity index (χ0v) is 9.04. The number of rotatable bonds is 0. The lowest BCUT2D eigenvalue weighted by Crippen LogP contribution is -2.06.